The van der Waals surface area contributed by atoms with E-state index in [1.807, 2.05) is 0 Å². The van der Waals surface area contributed by atoms with Crippen LogP contribution in [0.2, 0.25) is 0 Å². The number of fused-ring (bicyclic) bond motifs is 1. The molecule has 0 aromatic heterocycles. The highest BCUT2D eigenvalue weighted by Gasteiger charge is 2.37. The van der Waals surface area contributed by atoms with Crippen LogP contribution in [0.15, 0.2) is 12.1 Å². The second kappa shape index (κ2) is 5.66. The highest BCUT2D eigenvalue weighted by molar-refractivity contribution is 5.89. The fraction of sp³-hybridized carbons (Fsp3) is 0.588. The van der Waals surface area contributed by atoms with Gasteiger partial charge in [-0.1, -0.05) is 20.3 Å². The van der Waals surface area contributed by atoms with Crippen molar-refractivity contribution in [3.05, 3.63) is 29.1 Å². The molecule has 116 valence electrons. The number of carboxylic acids is 1. The monoisotopic (exact) mass is 293 g/mol. The molecule has 0 radical (unpaired) electrons. The van der Waals surface area contributed by atoms with E-state index in [4.69, 9.17) is 5.11 Å². The number of anilines is 1. The van der Waals surface area contributed by atoms with Crippen LogP contribution in [-0.2, 0) is 0 Å². The third-order valence-electron chi connectivity index (χ3n) is 4.44. The number of rotatable bonds is 4. The number of halogens is 1. The summed E-state index contributed by atoms with van der Waals surface area (Å²) >= 11 is 0. The van der Waals surface area contributed by atoms with Crippen LogP contribution in [0.1, 0.15) is 68.8 Å². The average Bonchev–Trinajstić information content (AvgIpc) is 2.36. The maximum absolute atomic E-state index is 14.1. The van der Waals surface area contributed by atoms with Gasteiger partial charge in [0.15, 0.2) is 0 Å². The zero-order chi connectivity index (χ0) is 15.8. The van der Waals surface area contributed by atoms with Crippen LogP contribution in [0.3, 0.4) is 0 Å². The lowest BCUT2D eigenvalue weighted by atomic mass is 9.79. The first kappa shape index (κ1) is 15.8. The highest BCUT2D eigenvalue weighted by atomic mass is 19.1. The third-order valence-corrected chi connectivity index (χ3v) is 4.44. The molecule has 1 aromatic rings. The zero-order valence-electron chi connectivity index (χ0n) is 13.2. The lowest BCUT2D eigenvalue weighted by molar-refractivity contribution is 0.0691. The van der Waals surface area contributed by atoms with Crippen molar-refractivity contribution in [3.8, 4) is 0 Å². The molecule has 1 heterocycles. The van der Waals surface area contributed by atoms with Gasteiger partial charge in [0.25, 0.3) is 0 Å². The van der Waals surface area contributed by atoms with E-state index in [0.29, 0.717) is 0 Å². The van der Waals surface area contributed by atoms with Crippen molar-refractivity contribution in [1.29, 1.82) is 0 Å². The van der Waals surface area contributed by atoms with Crippen molar-refractivity contribution in [1.82, 2.24) is 0 Å². The van der Waals surface area contributed by atoms with E-state index < -0.39 is 11.8 Å². The summed E-state index contributed by atoms with van der Waals surface area (Å²) in [7, 11) is 0. The Kier molecular flexibility index (Phi) is 4.26. The Labute approximate surface area is 125 Å². The summed E-state index contributed by atoms with van der Waals surface area (Å²) in [5, 5.41) is 9.11. The second-order valence-electron chi connectivity index (χ2n) is 6.62. The molecular formula is C17H24FNO2. The lowest BCUT2D eigenvalue weighted by Gasteiger charge is -2.47. The number of benzene rings is 1. The van der Waals surface area contributed by atoms with Gasteiger partial charge in [-0.3, -0.25) is 0 Å². The van der Waals surface area contributed by atoms with Crippen LogP contribution in [0.25, 0.3) is 0 Å². The van der Waals surface area contributed by atoms with Crippen LogP contribution in [0, 0.1) is 5.82 Å². The predicted octanol–water partition coefficient (Wildman–Crippen LogP) is 4.42. The first-order valence-electron chi connectivity index (χ1n) is 7.62. The van der Waals surface area contributed by atoms with E-state index in [2.05, 4.69) is 32.6 Å². The minimum atomic E-state index is -1.20. The topological polar surface area (TPSA) is 40.5 Å². The summed E-state index contributed by atoms with van der Waals surface area (Å²) < 4.78 is 14.1. The molecule has 1 atom stereocenters. The maximum Gasteiger partial charge on any atom is 0.338 e. The summed E-state index contributed by atoms with van der Waals surface area (Å²) in [6.45, 7) is 9.43. The normalized spacial score (nSPS) is 20.2. The number of hydrogen-bond acceptors (Lipinski definition) is 2. The van der Waals surface area contributed by atoms with Crippen LogP contribution in [0.5, 0.6) is 0 Å². The SMILES string of the molecule is CCCCN1c2cc(F)c(C(=O)O)cc2[C@H](C)CC1(C)C. The number of unbranched alkanes of at least 4 members (excludes halogenated alkanes) is 1. The van der Waals surface area contributed by atoms with E-state index >= 15 is 0 Å². The van der Waals surface area contributed by atoms with Gasteiger partial charge in [-0.25, -0.2) is 9.18 Å². The molecule has 0 spiro atoms. The Bertz CT molecular complexity index is 554. The van der Waals surface area contributed by atoms with E-state index in [1.54, 1.807) is 0 Å². The van der Waals surface area contributed by atoms with Crippen molar-refractivity contribution < 1.29 is 14.3 Å². The van der Waals surface area contributed by atoms with E-state index in [0.717, 1.165) is 37.1 Å². The van der Waals surface area contributed by atoms with Crippen LogP contribution < -0.4 is 4.90 Å². The third kappa shape index (κ3) is 2.89. The fourth-order valence-electron chi connectivity index (χ4n) is 3.41. The maximum atomic E-state index is 14.1. The van der Waals surface area contributed by atoms with Crippen molar-refractivity contribution in [2.45, 2.75) is 58.4 Å². The average molecular weight is 293 g/mol. The summed E-state index contributed by atoms with van der Waals surface area (Å²) in [6.07, 6.45) is 3.06. The molecule has 2 rings (SSSR count). The number of aromatic carboxylic acids is 1. The smallest absolute Gasteiger partial charge is 0.338 e. The molecule has 3 nitrogen and oxygen atoms in total. The fourth-order valence-corrected chi connectivity index (χ4v) is 3.41. The molecule has 1 aromatic carbocycles. The molecule has 0 aliphatic carbocycles. The van der Waals surface area contributed by atoms with Gasteiger partial charge in [-0.15, -0.1) is 0 Å². The molecule has 1 aliphatic heterocycles. The Morgan fingerprint density at radius 2 is 2.14 bits per heavy atom. The molecule has 4 heteroatoms. The van der Waals surface area contributed by atoms with Gasteiger partial charge in [-0.2, -0.15) is 0 Å². The number of carboxylic acid groups (broad SMARTS) is 1. The van der Waals surface area contributed by atoms with Crippen molar-refractivity contribution in [2.24, 2.45) is 0 Å². The van der Waals surface area contributed by atoms with Crippen LogP contribution in [-0.4, -0.2) is 23.2 Å². The first-order chi connectivity index (χ1) is 9.77. The number of nitrogens with zero attached hydrogens (tertiary/aromatic N) is 1. The Balaban J connectivity index is 2.54. The standard InChI is InChI=1S/C17H24FNO2/c1-5-6-7-19-15-9-14(18)13(16(20)21)8-12(15)11(2)10-17(19,3)4/h8-9,11H,5-7,10H2,1-4H3,(H,20,21)/t11-/m1/s1. The molecule has 1 aliphatic rings. The van der Waals surface area contributed by atoms with Gasteiger partial charge in [0.05, 0.1) is 5.56 Å². The Hall–Kier alpha value is -1.58. The van der Waals surface area contributed by atoms with E-state index in [1.165, 1.54) is 12.1 Å². The van der Waals surface area contributed by atoms with Crippen molar-refractivity contribution in [3.63, 3.8) is 0 Å². The Morgan fingerprint density at radius 3 is 2.71 bits per heavy atom. The molecule has 21 heavy (non-hydrogen) atoms. The Morgan fingerprint density at radius 1 is 1.48 bits per heavy atom. The summed E-state index contributed by atoms with van der Waals surface area (Å²) in [6, 6.07) is 2.93. The van der Waals surface area contributed by atoms with Gasteiger partial charge < -0.3 is 10.0 Å². The molecule has 0 bridgehead atoms. The molecule has 1 N–H and O–H groups in total. The quantitative estimate of drug-likeness (QED) is 0.893. The highest BCUT2D eigenvalue weighted by Crippen LogP contribution is 2.44. The molecule has 0 fully saturated rings. The summed E-state index contributed by atoms with van der Waals surface area (Å²) in [5.41, 5.74) is 1.54. The first-order valence-corrected chi connectivity index (χ1v) is 7.62. The van der Waals surface area contributed by atoms with Gasteiger partial charge in [0.2, 0.25) is 0 Å². The molecule has 0 saturated carbocycles. The molecule has 0 unspecified atom stereocenters. The van der Waals surface area contributed by atoms with Crippen molar-refractivity contribution >= 4 is 11.7 Å². The van der Waals surface area contributed by atoms with Crippen molar-refractivity contribution in [2.75, 3.05) is 11.4 Å². The minimum Gasteiger partial charge on any atom is -0.478 e. The van der Waals surface area contributed by atoms with Gasteiger partial charge in [0.1, 0.15) is 5.82 Å². The number of carbonyl (C=O) groups is 1. The van der Waals surface area contributed by atoms with Gasteiger partial charge in [-0.05, 0) is 50.3 Å². The summed E-state index contributed by atoms with van der Waals surface area (Å²) in [5.74, 6) is -1.62. The number of hydrogen-bond donors (Lipinski definition) is 1. The predicted molar refractivity (Wildman–Crippen MR) is 82.7 cm³/mol. The summed E-state index contributed by atoms with van der Waals surface area (Å²) in [4.78, 5) is 13.4. The molecule has 0 amide bonds. The van der Waals surface area contributed by atoms with Crippen LogP contribution in [0.4, 0.5) is 10.1 Å². The lowest BCUT2D eigenvalue weighted by Crippen LogP contribution is -2.49. The second-order valence-corrected chi connectivity index (χ2v) is 6.62. The minimum absolute atomic E-state index is 0.0429. The molecule has 0 saturated heterocycles. The van der Waals surface area contributed by atoms with Crippen LogP contribution >= 0.6 is 0 Å². The van der Waals surface area contributed by atoms with Gasteiger partial charge in [0, 0.05) is 17.8 Å². The largest absolute Gasteiger partial charge is 0.478 e. The van der Waals surface area contributed by atoms with E-state index in [9.17, 15) is 9.18 Å². The van der Waals surface area contributed by atoms with E-state index in [-0.39, 0.29) is 17.0 Å². The zero-order valence-corrected chi connectivity index (χ0v) is 13.2. The van der Waals surface area contributed by atoms with Gasteiger partial charge >= 0.3 is 5.97 Å². The molecular weight excluding hydrogens is 269 g/mol.